The summed E-state index contributed by atoms with van der Waals surface area (Å²) in [4.78, 5) is 26.5. The molecule has 0 atom stereocenters. The molecule has 3 rings (SSSR count). The molecule has 0 radical (unpaired) electrons. The number of aryl methyl sites for hydroxylation is 1. The largest absolute Gasteiger partial charge is 0.493 e. The first-order valence-electron chi connectivity index (χ1n) is 9.10. The highest BCUT2D eigenvalue weighted by Crippen LogP contribution is 2.30. The van der Waals surface area contributed by atoms with E-state index >= 15 is 0 Å². The minimum atomic E-state index is -2.99. The fourth-order valence-corrected chi connectivity index (χ4v) is 3.15. The Hall–Kier alpha value is -3.49. The molecular weight excluding hydrogens is 396 g/mol. The molecule has 1 aromatic heterocycles. The Kier molecular flexibility index (Phi) is 6.29. The quantitative estimate of drug-likeness (QED) is 0.591. The van der Waals surface area contributed by atoms with Crippen molar-refractivity contribution in [3.05, 3.63) is 64.1 Å². The van der Waals surface area contributed by atoms with Crippen LogP contribution in [0.3, 0.4) is 0 Å². The van der Waals surface area contributed by atoms with Crippen LogP contribution >= 0.6 is 0 Å². The lowest BCUT2D eigenvalue weighted by Crippen LogP contribution is -2.29. The van der Waals surface area contributed by atoms with Gasteiger partial charge in [-0.15, -0.1) is 0 Å². The Morgan fingerprint density at radius 1 is 1.17 bits per heavy atom. The summed E-state index contributed by atoms with van der Waals surface area (Å²) in [6.07, 6.45) is -0.0122. The number of ether oxygens (including phenoxy) is 2. The molecule has 30 heavy (non-hydrogen) atoms. The number of hydrogen-bond acceptors (Lipinski definition) is 5. The average Bonchev–Trinajstić information content (AvgIpc) is 2.71. The number of amides is 1. The van der Waals surface area contributed by atoms with Gasteiger partial charge in [-0.05, 0) is 23.8 Å². The molecule has 7 nitrogen and oxygen atoms in total. The van der Waals surface area contributed by atoms with Crippen molar-refractivity contribution >= 4 is 16.7 Å². The summed E-state index contributed by atoms with van der Waals surface area (Å²) in [5.74, 6) is -0.163. The fourth-order valence-electron chi connectivity index (χ4n) is 3.15. The van der Waals surface area contributed by atoms with Crippen molar-refractivity contribution in [2.24, 2.45) is 7.05 Å². The number of fused-ring (bicyclic) bond motifs is 1. The number of carbonyl (C=O) groups is 1. The maximum Gasteiger partial charge on any atom is 0.387 e. The normalized spacial score (nSPS) is 11.0. The van der Waals surface area contributed by atoms with Crippen molar-refractivity contribution in [1.29, 1.82) is 0 Å². The molecule has 1 heterocycles. The zero-order valence-corrected chi connectivity index (χ0v) is 16.8. The molecule has 0 aliphatic rings. The minimum Gasteiger partial charge on any atom is -0.493 e. The third kappa shape index (κ3) is 4.56. The number of nitrogens with zero attached hydrogens (tertiary/aromatic N) is 3. The van der Waals surface area contributed by atoms with Gasteiger partial charge in [0.1, 0.15) is 0 Å². The number of halogens is 2. The summed E-state index contributed by atoms with van der Waals surface area (Å²) >= 11 is 0. The number of hydrogen-bond donors (Lipinski definition) is 0. The van der Waals surface area contributed by atoms with E-state index in [1.807, 2.05) is 0 Å². The molecular formula is C21H21F2N3O4. The first-order chi connectivity index (χ1) is 14.3. The van der Waals surface area contributed by atoms with Crippen LogP contribution in [-0.4, -0.2) is 41.4 Å². The lowest BCUT2D eigenvalue weighted by Gasteiger charge is -2.19. The Labute approximate surface area is 171 Å². The molecule has 0 saturated heterocycles. The molecule has 0 N–H and O–H groups in total. The predicted molar refractivity (Wildman–Crippen MR) is 107 cm³/mol. The summed E-state index contributed by atoms with van der Waals surface area (Å²) in [6, 6.07) is 11.6. The molecule has 158 valence electrons. The van der Waals surface area contributed by atoms with E-state index in [1.54, 1.807) is 37.4 Å². The van der Waals surface area contributed by atoms with E-state index in [1.165, 1.54) is 35.9 Å². The van der Waals surface area contributed by atoms with Crippen LogP contribution in [0.1, 0.15) is 11.3 Å². The van der Waals surface area contributed by atoms with Crippen molar-refractivity contribution in [1.82, 2.24) is 14.7 Å². The Morgan fingerprint density at radius 3 is 2.53 bits per heavy atom. The SMILES string of the molecule is COc1ccc(CN(C)C(=O)Cc2nn(C)c(=O)c3ccccc23)cc1OC(F)F. The van der Waals surface area contributed by atoms with Gasteiger partial charge in [-0.3, -0.25) is 9.59 Å². The molecule has 0 unspecified atom stereocenters. The Morgan fingerprint density at radius 2 is 1.87 bits per heavy atom. The number of carbonyl (C=O) groups excluding carboxylic acids is 1. The Bertz CT molecular complexity index is 1130. The summed E-state index contributed by atoms with van der Waals surface area (Å²) in [7, 11) is 4.49. The molecule has 0 fully saturated rings. The third-order valence-electron chi connectivity index (χ3n) is 4.64. The zero-order chi connectivity index (χ0) is 21.8. The Balaban J connectivity index is 1.80. The number of alkyl halides is 2. The predicted octanol–water partition coefficient (Wildman–Crippen LogP) is 2.74. The van der Waals surface area contributed by atoms with Crippen molar-refractivity contribution in [2.75, 3.05) is 14.2 Å². The van der Waals surface area contributed by atoms with Crippen LogP contribution in [-0.2, 0) is 24.8 Å². The monoisotopic (exact) mass is 417 g/mol. The van der Waals surface area contributed by atoms with E-state index in [0.717, 1.165) is 0 Å². The first kappa shape index (κ1) is 21.2. The standard InChI is InChI=1S/C21H21F2N3O4/c1-25(12-13-8-9-17(29-3)18(10-13)30-21(22)23)19(27)11-16-14-6-4-5-7-15(14)20(28)26(2)24-16/h4-10,21H,11-12H2,1-3H3. The molecule has 9 heteroatoms. The van der Waals surface area contributed by atoms with Crippen LogP contribution in [0.15, 0.2) is 47.3 Å². The lowest BCUT2D eigenvalue weighted by atomic mass is 10.1. The van der Waals surface area contributed by atoms with Crippen LogP contribution < -0.4 is 15.0 Å². The van der Waals surface area contributed by atoms with Crippen LogP contribution in [0.5, 0.6) is 11.5 Å². The van der Waals surface area contributed by atoms with E-state index in [4.69, 9.17) is 4.74 Å². The van der Waals surface area contributed by atoms with Gasteiger partial charge in [0, 0.05) is 26.0 Å². The van der Waals surface area contributed by atoms with Gasteiger partial charge in [0.25, 0.3) is 5.56 Å². The van der Waals surface area contributed by atoms with Crippen molar-refractivity contribution in [2.45, 2.75) is 19.6 Å². The van der Waals surface area contributed by atoms with Gasteiger partial charge in [-0.2, -0.15) is 13.9 Å². The van der Waals surface area contributed by atoms with Gasteiger partial charge in [-0.1, -0.05) is 24.3 Å². The molecule has 0 bridgehead atoms. The molecule has 3 aromatic rings. The van der Waals surface area contributed by atoms with E-state index in [2.05, 4.69) is 9.84 Å². The van der Waals surface area contributed by atoms with E-state index < -0.39 is 6.61 Å². The molecule has 0 saturated carbocycles. The van der Waals surface area contributed by atoms with E-state index in [0.29, 0.717) is 22.0 Å². The highest BCUT2D eigenvalue weighted by atomic mass is 19.3. The second-order valence-electron chi connectivity index (χ2n) is 6.71. The van der Waals surface area contributed by atoms with Gasteiger partial charge in [-0.25, -0.2) is 4.68 Å². The van der Waals surface area contributed by atoms with Crippen molar-refractivity contribution in [3.63, 3.8) is 0 Å². The maximum atomic E-state index is 12.8. The van der Waals surface area contributed by atoms with Gasteiger partial charge in [0.2, 0.25) is 5.91 Å². The molecule has 0 aliphatic heterocycles. The maximum absolute atomic E-state index is 12.8. The smallest absolute Gasteiger partial charge is 0.387 e. The fraction of sp³-hybridized carbons (Fsp3) is 0.286. The van der Waals surface area contributed by atoms with Crippen molar-refractivity contribution in [3.8, 4) is 11.5 Å². The highest BCUT2D eigenvalue weighted by Gasteiger charge is 2.17. The second kappa shape index (κ2) is 8.89. The summed E-state index contributed by atoms with van der Waals surface area (Å²) in [6.45, 7) is -2.82. The number of likely N-dealkylation sites (N-methyl/N-ethyl adjacent to an activating group) is 1. The lowest BCUT2D eigenvalue weighted by molar-refractivity contribution is -0.129. The molecule has 2 aromatic carbocycles. The van der Waals surface area contributed by atoms with Gasteiger partial charge in [0.05, 0.1) is 24.6 Å². The van der Waals surface area contributed by atoms with Crippen LogP contribution in [0.25, 0.3) is 10.8 Å². The summed E-state index contributed by atoms with van der Waals surface area (Å²) in [5.41, 5.74) is 0.849. The third-order valence-corrected chi connectivity index (χ3v) is 4.64. The van der Waals surface area contributed by atoms with E-state index in [9.17, 15) is 18.4 Å². The van der Waals surface area contributed by atoms with Gasteiger partial charge < -0.3 is 14.4 Å². The van der Waals surface area contributed by atoms with Gasteiger partial charge in [0.15, 0.2) is 11.5 Å². The molecule has 1 amide bonds. The molecule has 0 aliphatic carbocycles. The first-order valence-corrected chi connectivity index (χ1v) is 9.10. The zero-order valence-electron chi connectivity index (χ0n) is 16.8. The number of rotatable bonds is 7. The highest BCUT2D eigenvalue weighted by molar-refractivity contribution is 5.88. The number of benzene rings is 2. The van der Waals surface area contributed by atoms with Crippen LogP contribution in [0.2, 0.25) is 0 Å². The number of methoxy groups -OCH3 is 1. The van der Waals surface area contributed by atoms with Crippen LogP contribution in [0.4, 0.5) is 8.78 Å². The topological polar surface area (TPSA) is 73.7 Å². The van der Waals surface area contributed by atoms with Crippen LogP contribution in [0, 0.1) is 0 Å². The van der Waals surface area contributed by atoms with Gasteiger partial charge >= 0.3 is 6.61 Å². The van der Waals surface area contributed by atoms with E-state index in [-0.39, 0.29) is 35.9 Å². The summed E-state index contributed by atoms with van der Waals surface area (Å²) in [5, 5.41) is 5.35. The minimum absolute atomic E-state index is 0.0122. The second-order valence-corrected chi connectivity index (χ2v) is 6.71. The number of aromatic nitrogens is 2. The average molecular weight is 417 g/mol. The van der Waals surface area contributed by atoms with Crippen molar-refractivity contribution < 1.29 is 23.0 Å². The summed E-state index contributed by atoms with van der Waals surface area (Å²) < 4.78 is 35.9. The molecule has 0 spiro atoms.